The van der Waals surface area contributed by atoms with Crippen LogP contribution >= 0.6 is 0 Å². The second kappa shape index (κ2) is 4.69. The van der Waals surface area contributed by atoms with Gasteiger partial charge in [-0.2, -0.15) is 0 Å². The SMILES string of the molecule is [CH2]CCNc1c2ccccc2cc2ccccc12. The Morgan fingerprint density at radius 3 is 1.94 bits per heavy atom. The Kier molecular flexibility index (Phi) is 2.89. The summed E-state index contributed by atoms with van der Waals surface area (Å²) < 4.78 is 0. The molecule has 0 bridgehead atoms. The largest absolute Gasteiger partial charge is 0.384 e. The first-order valence-corrected chi connectivity index (χ1v) is 6.34. The van der Waals surface area contributed by atoms with Gasteiger partial charge in [0, 0.05) is 23.0 Å². The maximum Gasteiger partial charge on any atom is 0.0499 e. The first-order chi connectivity index (χ1) is 8.90. The van der Waals surface area contributed by atoms with Crippen LogP contribution in [0.15, 0.2) is 54.6 Å². The Balaban J connectivity index is 2.34. The lowest BCUT2D eigenvalue weighted by molar-refractivity contribution is 1.07. The summed E-state index contributed by atoms with van der Waals surface area (Å²) in [5.74, 6) is 0. The van der Waals surface area contributed by atoms with Gasteiger partial charge in [0.15, 0.2) is 0 Å². The van der Waals surface area contributed by atoms with Gasteiger partial charge < -0.3 is 5.32 Å². The van der Waals surface area contributed by atoms with Crippen LogP contribution in [0.1, 0.15) is 6.42 Å². The zero-order valence-electron chi connectivity index (χ0n) is 10.3. The molecule has 3 rings (SSSR count). The molecule has 0 saturated carbocycles. The highest BCUT2D eigenvalue weighted by molar-refractivity contribution is 6.10. The third kappa shape index (κ3) is 1.82. The molecule has 0 atom stereocenters. The minimum Gasteiger partial charge on any atom is -0.384 e. The van der Waals surface area contributed by atoms with Gasteiger partial charge in [-0.05, 0) is 23.3 Å². The van der Waals surface area contributed by atoms with Crippen molar-refractivity contribution in [3.8, 4) is 0 Å². The van der Waals surface area contributed by atoms with Crippen molar-refractivity contribution in [2.75, 3.05) is 11.9 Å². The summed E-state index contributed by atoms with van der Waals surface area (Å²) in [7, 11) is 0. The fourth-order valence-corrected chi connectivity index (χ4v) is 2.42. The minimum atomic E-state index is 0.886. The van der Waals surface area contributed by atoms with E-state index >= 15 is 0 Å². The van der Waals surface area contributed by atoms with Gasteiger partial charge in [-0.1, -0.05) is 55.5 Å². The van der Waals surface area contributed by atoms with Crippen molar-refractivity contribution < 1.29 is 0 Å². The standard InChI is InChI=1S/C17H16N/c1-2-11-18-17-15-9-5-3-7-13(15)12-14-8-4-6-10-16(14)17/h3-10,12,18H,1-2,11H2. The lowest BCUT2D eigenvalue weighted by Crippen LogP contribution is -2.01. The fraction of sp³-hybridized carbons (Fsp3) is 0.118. The Morgan fingerprint density at radius 2 is 1.39 bits per heavy atom. The van der Waals surface area contributed by atoms with E-state index in [0.717, 1.165) is 13.0 Å². The maximum atomic E-state index is 3.90. The van der Waals surface area contributed by atoms with Crippen molar-refractivity contribution in [1.82, 2.24) is 0 Å². The molecule has 1 N–H and O–H groups in total. The molecule has 1 radical (unpaired) electrons. The molecule has 0 fully saturated rings. The van der Waals surface area contributed by atoms with Crippen molar-refractivity contribution in [3.05, 3.63) is 61.5 Å². The van der Waals surface area contributed by atoms with Gasteiger partial charge in [-0.15, -0.1) is 0 Å². The summed E-state index contributed by atoms with van der Waals surface area (Å²) in [6.07, 6.45) is 0.886. The van der Waals surface area contributed by atoms with E-state index in [1.807, 2.05) is 0 Å². The predicted octanol–water partition coefficient (Wildman–Crippen LogP) is 4.63. The molecular formula is C17H16N. The van der Waals surface area contributed by atoms with Crippen LogP contribution in [0.4, 0.5) is 5.69 Å². The van der Waals surface area contributed by atoms with Crippen molar-refractivity contribution in [2.45, 2.75) is 6.42 Å². The van der Waals surface area contributed by atoms with Crippen LogP contribution in [0.5, 0.6) is 0 Å². The monoisotopic (exact) mass is 234 g/mol. The first kappa shape index (κ1) is 11.1. The molecule has 0 aliphatic rings. The summed E-state index contributed by atoms with van der Waals surface area (Å²) in [5.41, 5.74) is 1.23. The van der Waals surface area contributed by atoms with Crippen LogP contribution in [0.3, 0.4) is 0 Å². The zero-order valence-corrected chi connectivity index (χ0v) is 10.3. The van der Waals surface area contributed by atoms with Gasteiger partial charge >= 0.3 is 0 Å². The molecule has 0 spiro atoms. The lowest BCUT2D eigenvalue weighted by Gasteiger charge is -2.13. The average molecular weight is 234 g/mol. The van der Waals surface area contributed by atoms with E-state index in [4.69, 9.17) is 0 Å². The molecule has 89 valence electrons. The van der Waals surface area contributed by atoms with E-state index in [9.17, 15) is 0 Å². The Bertz CT molecular complexity index is 631. The molecule has 3 aromatic carbocycles. The number of nitrogens with one attached hydrogen (secondary N) is 1. The maximum absolute atomic E-state index is 3.90. The number of hydrogen-bond acceptors (Lipinski definition) is 1. The summed E-state index contributed by atoms with van der Waals surface area (Å²) in [5, 5.41) is 8.64. The fourth-order valence-electron chi connectivity index (χ4n) is 2.42. The Labute approximate surface area is 107 Å². The second-order valence-electron chi connectivity index (χ2n) is 4.47. The summed E-state index contributed by atoms with van der Waals surface area (Å²) in [6.45, 7) is 4.80. The van der Waals surface area contributed by atoms with Crippen LogP contribution in [0.2, 0.25) is 0 Å². The summed E-state index contributed by atoms with van der Waals surface area (Å²) >= 11 is 0. The third-order valence-electron chi connectivity index (χ3n) is 3.25. The molecule has 0 aliphatic heterocycles. The summed E-state index contributed by atoms with van der Waals surface area (Å²) in [4.78, 5) is 0. The molecule has 0 unspecified atom stereocenters. The highest BCUT2D eigenvalue weighted by Gasteiger charge is 2.05. The highest BCUT2D eigenvalue weighted by Crippen LogP contribution is 2.32. The average Bonchev–Trinajstić information content (AvgIpc) is 2.43. The van der Waals surface area contributed by atoms with Crippen LogP contribution in [-0.2, 0) is 0 Å². The van der Waals surface area contributed by atoms with Gasteiger partial charge in [-0.3, -0.25) is 0 Å². The van der Waals surface area contributed by atoms with E-state index in [2.05, 4.69) is 66.8 Å². The van der Waals surface area contributed by atoms with E-state index in [1.54, 1.807) is 0 Å². The molecule has 18 heavy (non-hydrogen) atoms. The number of rotatable bonds is 3. The number of benzene rings is 3. The van der Waals surface area contributed by atoms with Crippen molar-refractivity contribution in [2.24, 2.45) is 0 Å². The van der Waals surface area contributed by atoms with Crippen molar-refractivity contribution >= 4 is 27.2 Å². The van der Waals surface area contributed by atoms with E-state index < -0.39 is 0 Å². The lowest BCUT2D eigenvalue weighted by atomic mass is 10.0. The number of fused-ring (bicyclic) bond motifs is 2. The van der Waals surface area contributed by atoms with Crippen molar-refractivity contribution in [3.63, 3.8) is 0 Å². The van der Waals surface area contributed by atoms with Crippen molar-refractivity contribution in [1.29, 1.82) is 0 Å². The zero-order chi connectivity index (χ0) is 12.4. The number of hydrogen-bond donors (Lipinski definition) is 1. The smallest absolute Gasteiger partial charge is 0.0499 e. The van der Waals surface area contributed by atoms with Crippen LogP contribution in [-0.4, -0.2) is 6.54 Å². The highest BCUT2D eigenvalue weighted by atomic mass is 14.9. The molecule has 0 aromatic heterocycles. The molecule has 3 aromatic rings. The third-order valence-corrected chi connectivity index (χ3v) is 3.25. The van der Waals surface area contributed by atoms with Gasteiger partial charge in [0.1, 0.15) is 0 Å². The normalized spacial score (nSPS) is 10.9. The van der Waals surface area contributed by atoms with Crippen LogP contribution in [0.25, 0.3) is 21.5 Å². The molecule has 0 aliphatic carbocycles. The molecule has 0 amide bonds. The summed E-state index contributed by atoms with van der Waals surface area (Å²) in [6, 6.07) is 19.3. The molecule has 0 saturated heterocycles. The topological polar surface area (TPSA) is 12.0 Å². The van der Waals surface area contributed by atoms with E-state index in [0.29, 0.717) is 0 Å². The van der Waals surface area contributed by atoms with Gasteiger partial charge in [0.2, 0.25) is 0 Å². The molecular weight excluding hydrogens is 218 g/mol. The minimum absolute atomic E-state index is 0.886. The Hall–Kier alpha value is -2.02. The molecule has 1 heteroatoms. The Morgan fingerprint density at radius 1 is 0.833 bits per heavy atom. The van der Waals surface area contributed by atoms with Gasteiger partial charge in [0.05, 0.1) is 0 Å². The first-order valence-electron chi connectivity index (χ1n) is 6.34. The van der Waals surface area contributed by atoms with Crippen LogP contribution in [0, 0.1) is 6.92 Å². The van der Waals surface area contributed by atoms with E-state index in [-0.39, 0.29) is 0 Å². The number of anilines is 1. The quantitative estimate of drug-likeness (QED) is 0.651. The van der Waals surface area contributed by atoms with Gasteiger partial charge in [-0.25, -0.2) is 0 Å². The predicted molar refractivity (Wildman–Crippen MR) is 79.9 cm³/mol. The van der Waals surface area contributed by atoms with Crippen LogP contribution < -0.4 is 5.32 Å². The van der Waals surface area contributed by atoms with E-state index in [1.165, 1.54) is 27.2 Å². The molecule has 0 heterocycles. The molecule has 1 nitrogen and oxygen atoms in total. The van der Waals surface area contributed by atoms with Gasteiger partial charge in [0.25, 0.3) is 0 Å². The second-order valence-corrected chi connectivity index (χ2v) is 4.47.